The molecule has 4 heteroatoms. The Morgan fingerprint density at radius 1 is 1.26 bits per heavy atom. The Bertz CT molecular complexity index is 674. The topological polar surface area (TPSA) is 49.3 Å². The zero-order valence-corrected chi connectivity index (χ0v) is 9.85. The van der Waals surface area contributed by atoms with E-state index in [2.05, 4.69) is 11.2 Å². The van der Waals surface area contributed by atoms with Crippen LogP contribution >= 0.6 is 0 Å². The Morgan fingerprint density at radius 3 is 2.74 bits per heavy atom. The SMILES string of the molecule is C#Cc1cccc(NC(=O)c2ccc(O)cc2F)c1. The molecule has 0 atom stereocenters. The zero-order chi connectivity index (χ0) is 13.8. The minimum Gasteiger partial charge on any atom is -0.508 e. The maximum Gasteiger partial charge on any atom is 0.258 e. The molecular formula is C15H10FNO2. The molecular weight excluding hydrogens is 245 g/mol. The Hall–Kier alpha value is -2.80. The van der Waals surface area contributed by atoms with Crippen LogP contribution in [0.15, 0.2) is 42.5 Å². The van der Waals surface area contributed by atoms with E-state index in [4.69, 9.17) is 11.5 Å². The van der Waals surface area contributed by atoms with Gasteiger partial charge in [0.1, 0.15) is 11.6 Å². The van der Waals surface area contributed by atoms with E-state index in [0.717, 1.165) is 6.07 Å². The number of carbonyl (C=O) groups is 1. The molecule has 19 heavy (non-hydrogen) atoms. The molecule has 2 N–H and O–H groups in total. The van der Waals surface area contributed by atoms with Gasteiger partial charge >= 0.3 is 0 Å². The second kappa shape index (κ2) is 5.23. The highest BCUT2D eigenvalue weighted by Gasteiger charge is 2.12. The number of carbonyl (C=O) groups excluding carboxylic acids is 1. The fraction of sp³-hybridized carbons (Fsp3) is 0. The molecule has 0 saturated carbocycles. The van der Waals surface area contributed by atoms with E-state index in [-0.39, 0.29) is 11.3 Å². The zero-order valence-electron chi connectivity index (χ0n) is 9.85. The first-order valence-corrected chi connectivity index (χ1v) is 5.46. The number of hydrogen-bond donors (Lipinski definition) is 2. The standard InChI is InChI=1S/C15H10FNO2/c1-2-10-4-3-5-11(8-10)17-15(19)13-7-6-12(18)9-14(13)16/h1,3-9,18H,(H,17,19). The lowest BCUT2D eigenvalue weighted by Crippen LogP contribution is -2.13. The van der Waals surface area contributed by atoms with Crippen molar-refractivity contribution in [3.8, 4) is 18.1 Å². The maximum absolute atomic E-state index is 13.5. The summed E-state index contributed by atoms with van der Waals surface area (Å²) >= 11 is 0. The molecule has 2 aromatic rings. The fourth-order valence-electron chi connectivity index (χ4n) is 1.57. The molecule has 0 aliphatic rings. The maximum atomic E-state index is 13.5. The Labute approximate surface area is 109 Å². The first kappa shape index (κ1) is 12.7. The van der Waals surface area contributed by atoms with Crippen molar-refractivity contribution in [2.24, 2.45) is 0 Å². The van der Waals surface area contributed by atoms with Gasteiger partial charge in [-0.05, 0) is 30.3 Å². The third kappa shape index (κ3) is 2.90. The van der Waals surface area contributed by atoms with Gasteiger partial charge in [-0.3, -0.25) is 4.79 Å². The van der Waals surface area contributed by atoms with E-state index in [1.54, 1.807) is 24.3 Å². The molecule has 0 aliphatic carbocycles. The van der Waals surface area contributed by atoms with Crippen LogP contribution in [0.25, 0.3) is 0 Å². The molecule has 2 rings (SSSR count). The second-order valence-corrected chi connectivity index (χ2v) is 3.84. The lowest BCUT2D eigenvalue weighted by atomic mass is 10.1. The van der Waals surface area contributed by atoms with E-state index in [9.17, 15) is 9.18 Å². The lowest BCUT2D eigenvalue weighted by molar-refractivity contribution is 0.102. The van der Waals surface area contributed by atoms with Crippen molar-refractivity contribution in [2.75, 3.05) is 5.32 Å². The molecule has 3 nitrogen and oxygen atoms in total. The summed E-state index contributed by atoms with van der Waals surface area (Å²) in [6.45, 7) is 0. The number of hydrogen-bond acceptors (Lipinski definition) is 2. The molecule has 0 aliphatic heterocycles. The number of aromatic hydroxyl groups is 1. The van der Waals surface area contributed by atoms with Crippen LogP contribution in [0.3, 0.4) is 0 Å². The number of rotatable bonds is 2. The van der Waals surface area contributed by atoms with Gasteiger partial charge < -0.3 is 10.4 Å². The third-order valence-corrected chi connectivity index (χ3v) is 2.48. The van der Waals surface area contributed by atoms with E-state index in [1.807, 2.05) is 0 Å². The van der Waals surface area contributed by atoms with Gasteiger partial charge in [0, 0.05) is 17.3 Å². The highest BCUT2D eigenvalue weighted by Crippen LogP contribution is 2.17. The molecule has 1 amide bonds. The predicted molar refractivity (Wildman–Crippen MR) is 70.4 cm³/mol. The summed E-state index contributed by atoms with van der Waals surface area (Å²) in [6, 6.07) is 10.0. The van der Waals surface area contributed by atoms with Crippen molar-refractivity contribution in [1.29, 1.82) is 0 Å². The van der Waals surface area contributed by atoms with Gasteiger partial charge in [-0.2, -0.15) is 0 Å². The number of phenolic OH excluding ortho intramolecular Hbond substituents is 1. The van der Waals surface area contributed by atoms with Crippen LogP contribution in [0.2, 0.25) is 0 Å². The van der Waals surface area contributed by atoms with Gasteiger partial charge in [-0.15, -0.1) is 6.42 Å². The number of terminal acetylenes is 1. The van der Waals surface area contributed by atoms with Crippen molar-refractivity contribution in [3.05, 3.63) is 59.4 Å². The molecule has 0 aromatic heterocycles. The quantitative estimate of drug-likeness (QED) is 0.811. The number of nitrogens with one attached hydrogen (secondary N) is 1. The molecule has 0 unspecified atom stereocenters. The van der Waals surface area contributed by atoms with Crippen molar-refractivity contribution in [1.82, 2.24) is 0 Å². The number of anilines is 1. The van der Waals surface area contributed by atoms with Gasteiger partial charge in [0.25, 0.3) is 5.91 Å². The first-order chi connectivity index (χ1) is 9.10. The Kier molecular flexibility index (Phi) is 3.48. The smallest absolute Gasteiger partial charge is 0.258 e. The summed E-state index contributed by atoms with van der Waals surface area (Å²) in [5.74, 6) is 0.816. The van der Waals surface area contributed by atoms with Crippen LogP contribution in [0, 0.1) is 18.2 Å². The van der Waals surface area contributed by atoms with Gasteiger partial charge in [0.05, 0.1) is 5.56 Å². The van der Waals surface area contributed by atoms with Crippen LogP contribution < -0.4 is 5.32 Å². The van der Waals surface area contributed by atoms with E-state index in [0.29, 0.717) is 11.3 Å². The highest BCUT2D eigenvalue weighted by atomic mass is 19.1. The van der Waals surface area contributed by atoms with Crippen LogP contribution in [-0.4, -0.2) is 11.0 Å². The minimum atomic E-state index is -0.786. The first-order valence-electron chi connectivity index (χ1n) is 5.46. The van der Waals surface area contributed by atoms with E-state index in [1.165, 1.54) is 12.1 Å². The lowest BCUT2D eigenvalue weighted by Gasteiger charge is -2.06. The normalized spacial score (nSPS) is 9.68. The average Bonchev–Trinajstić information content (AvgIpc) is 2.38. The van der Waals surface area contributed by atoms with E-state index < -0.39 is 11.7 Å². The molecule has 0 bridgehead atoms. The van der Waals surface area contributed by atoms with Crippen molar-refractivity contribution >= 4 is 11.6 Å². The summed E-state index contributed by atoms with van der Waals surface area (Å²) in [6.07, 6.45) is 5.25. The van der Waals surface area contributed by atoms with Gasteiger partial charge in [0.15, 0.2) is 0 Å². The third-order valence-electron chi connectivity index (χ3n) is 2.48. The summed E-state index contributed by atoms with van der Waals surface area (Å²) in [4.78, 5) is 11.9. The van der Waals surface area contributed by atoms with Gasteiger partial charge in [-0.25, -0.2) is 4.39 Å². The molecule has 94 valence electrons. The Morgan fingerprint density at radius 2 is 2.05 bits per heavy atom. The predicted octanol–water partition coefficient (Wildman–Crippen LogP) is 2.76. The van der Waals surface area contributed by atoms with Crippen LogP contribution in [0.4, 0.5) is 10.1 Å². The number of amides is 1. The molecule has 2 aromatic carbocycles. The number of benzene rings is 2. The average molecular weight is 255 g/mol. The summed E-state index contributed by atoms with van der Waals surface area (Å²) in [7, 11) is 0. The summed E-state index contributed by atoms with van der Waals surface area (Å²) in [5, 5.41) is 11.6. The van der Waals surface area contributed by atoms with E-state index >= 15 is 0 Å². The molecule has 0 heterocycles. The van der Waals surface area contributed by atoms with Crippen LogP contribution in [0.1, 0.15) is 15.9 Å². The van der Waals surface area contributed by atoms with Gasteiger partial charge in [0.2, 0.25) is 0 Å². The molecule has 0 radical (unpaired) electrons. The monoisotopic (exact) mass is 255 g/mol. The van der Waals surface area contributed by atoms with Crippen LogP contribution in [0.5, 0.6) is 5.75 Å². The summed E-state index contributed by atoms with van der Waals surface area (Å²) in [5.41, 5.74) is 0.945. The Balaban J connectivity index is 2.23. The van der Waals surface area contributed by atoms with Crippen molar-refractivity contribution in [3.63, 3.8) is 0 Å². The second-order valence-electron chi connectivity index (χ2n) is 3.84. The minimum absolute atomic E-state index is 0.149. The largest absolute Gasteiger partial charge is 0.508 e. The number of halogens is 1. The van der Waals surface area contributed by atoms with Crippen molar-refractivity contribution < 1.29 is 14.3 Å². The van der Waals surface area contributed by atoms with Crippen molar-refractivity contribution in [2.45, 2.75) is 0 Å². The molecule has 0 spiro atoms. The summed E-state index contributed by atoms with van der Waals surface area (Å²) < 4.78 is 13.5. The molecule has 0 fully saturated rings. The number of phenols is 1. The van der Waals surface area contributed by atoms with Gasteiger partial charge in [-0.1, -0.05) is 12.0 Å². The fourth-order valence-corrected chi connectivity index (χ4v) is 1.57. The highest BCUT2D eigenvalue weighted by molar-refractivity contribution is 6.04. The van der Waals surface area contributed by atoms with Crippen LogP contribution in [-0.2, 0) is 0 Å². The molecule has 0 saturated heterocycles.